The topological polar surface area (TPSA) is 147 Å². The third-order valence-electron chi connectivity index (χ3n) is 12.0. The van der Waals surface area contributed by atoms with Crippen molar-refractivity contribution in [3.05, 3.63) is 11.1 Å². The fourth-order valence-corrected chi connectivity index (χ4v) is 12.0. The molecular formula is C34H54O11Si. The van der Waals surface area contributed by atoms with Crippen LogP contribution in [0, 0.1) is 16.7 Å². The van der Waals surface area contributed by atoms with Crippen LogP contribution in [0.25, 0.3) is 0 Å². The number of epoxide rings is 1. The predicted molar refractivity (Wildman–Crippen MR) is 170 cm³/mol. The number of ether oxygens (including phenoxy) is 5. The number of fused-ring (bicyclic) bond motifs is 4. The second-order valence-electron chi connectivity index (χ2n) is 14.7. The molecule has 4 rings (SSSR count). The molecule has 0 amide bonds. The predicted octanol–water partition coefficient (Wildman–Crippen LogP) is 4.78. The van der Waals surface area contributed by atoms with Crippen LogP contribution in [0.1, 0.15) is 95.4 Å². The van der Waals surface area contributed by atoms with Crippen molar-refractivity contribution in [1.29, 1.82) is 0 Å². The van der Waals surface area contributed by atoms with Gasteiger partial charge < -0.3 is 33.2 Å². The van der Waals surface area contributed by atoms with Gasteiger partial charge in [-0.15, -0.1) is 0 Å². The summed E-state index contributed by atoms with van der Waals surface area (Å²) in [5.41, 5.74) is -3.52. The van der Waals surface area contributed by atoms with Crippen molar-refractivity contribution in [2.75, 3.05) is 6.61 Å². The number of rotatable bonds is 9. The lowest BCUT2D eigenvalue weighted by molar-refractivity contribution is -0.246. The second-order valence-corrected chi connectivity index (χ2v) is 19.4. The summed E-state index contributed by atoms with van der Waals surface area (Å²) in [4.78, 5) is 50.9. The maximum Gasteiger partial charge on any atom is 0.303 e. The Balaban J connectivity index is 2.06. The summed E-state index contributed by atoms with van der Waals surface area (Å²) < 4.78 is 37.8. The Labute approximate surface area is 274 Å². The van der Waals surface area contributed by atoms with E-state index in [9.17, 15) is 24.3 Å². The van der Waals surface area contributed by atoms with Crippen LogP contribution in [-0.2, 0) is 47.3 Å². The first-order valence-corrected chi connectivity index (χ1v) is 19.2. The molecule has 0 unspecified atom stereocenters. The number of esters is 4. The molecule has 3 fully saturated rings. The van der Waals surface area contributed by atoms with Gasteiger partial charge in [-0.2, -0.15) is 0 Å². The molecule has 1 N–H and O–H groups in total. The van der Waals surface area contributed by atoms with E-state index in [1.165, 1.54) is 27.7 Å². The molecule has 0 aromatic rings. The smallest absolute Gasteiger partial charge is 0.303 e. The molecule has 0 aromatic heterocycles. The SMILES string of the molecule is CC[Si](CC)(CC)O[C@H]1C[C@H](OC(C)=O)[C@]2(C)[C@H](C[C@]3(O)C[C@H](OC(C)=O)C(C)=C([C@@H](OC(C)=O)[C@@H]2OC(C)=O)C3(C)C)[C@@]12CO2. The minimum absolute atomic E-state index is 0.0872. The molecule has 0 aromatic carbocycles. The summed E-state index contributed by atoms with van der Waals surface area (Å²) >= 11 is 0. The van der Waals surface area contributed by atoms with E-state index in [-0.39, 0.29) is 19.3 Å². The Morgan fingerprint density at radius 3 is 1.80 bits per heavy atom. The summed E-state index contributed by atoms with van der Waals surface area (Å²) in [6.45, 7) is 19.4. The van der Waals surface area contributed by atoms with Crippen LogP contribution in [0.2, 0.25) is 18.1 Å². The van der Waals surface area contributed by atoms with E-state index in [2.05, 4.69) is 20.8 Å². The van der Waals surface area contributed by atoms with Gasteiger partial charge in [0.15, 0.2) is 20.5 Å². The largest absolute Gasteiger partial charge is 0.462 e. The Kier molecular flexibility index (Phi) is 10.0. The molecule has 2 bridgehead atoms. The summed E-state index contributed by atoms with van der Waals surface area (Å²) in [7, 11) is -2.22. The molecule has 1 heterocycles. The molecule has 1 saturated heterocycles. The van der Waals surface area contributed by atoms with E-state index >= 15 is 0 Å². The molecule has 3 aliphatic carbocycles. The van der Waals surface area contributed by atoms with Gasteiger partial charge in [0.1, 0.15) is 17.8 Å². The van der Waals surface area contributed by atoms with Gasteiger partial charge in [-0.25, -0.2) is 0 Å². The maximum atomic E-state index is 13.0. The van der Waals surface area contributed by atoms with Gasteiger partial charge in [0.25, 0.3) is 0 Å². The lowest BCUT2D eigenvalue weighted by atomic mass is 9.47. The highest BCUT2D eigenvalue weighted by Crippen LogP contribution is 2.66. The molecule has 9 atom stereocenters. The molecular weight excluding hydrogens is 612 g/mol. The van der Waals surface area contributed by atoms with Crippen LogP contribution in [0.5, 0.6) is 0 Å². The fraction of sp³-hybridized carbons (Fsp3) is 0.824. The monoisotopic (exact) mass is 666 g/mol. The zero-order valence-electron chi connectivity index (χ0n) is 29.4. The van der Waals surface area contributed by atoms with Crippen LogP contribution in [-0.4, -0.2) is 85.6 Å². The minimum Gasteiger partial charge on any atom is -0.462 e. The molecule has 1 aliphatic heterocycles. The summed E-state index contributed by atoms with van der Waals surface area (Å²) in [5, 5.41) is 12.9. The summed E-state index contributed by atoms with van der Waals surface area (Å²) in [5.74, 6) is -2.86. The Bertz CT molecular complexity index is 1260. The second kappa shape index (κ2) is 12.6. The minimum atomic E-state index is -2.22. The van der Waals surface area contributed by atoms with Gasteiger partial charge >= 0.3 is 23.9 Å². The van der Waals surface area contributed by atoms with Crippen LogP contribution in [0.15, 0.2) is 11.1 Å². The summed E-state index contributed by atoms with van der Waals surface area (Å²) in [6.07, 6.45) is -3.97. The number of aliphatic hydroxyl groups is 1. The van der Waals surface area contributed by atoms with E-state index < -0.39 is 90.7 Å². The van der Waals surface area contributed by atoms with E-state index in [0.717, 1.165) is 18.1 Å². The van der Waals surface area contributed by atoms with Crippen LogP contribution < -0.4 is 0 Å². The number of hydrogen-bond donors (Lipinski definition) is 1. The molecule has 11 nitrogen and oxygen atoms in total. The average Bonchev–Trinajstić information content (AvgIpc) is 3.74. The Morgan fingerprint density at radius 2 is 1.35 bits per heavy atom. The lowest BCUT2D eigenvalue weighted by Gasteiger charge is -2.63. The van der Waals surface area contributed by atoms with Crippen LogP contribution >= 0.6 is 0 Å². The van der Waals surface area contributed by atoms with E-state index in [1.54, 1.807) is 6.92 Å². The Morgan fingerprint density at radius 1 is 0.826 bits per heavy atom. The summed E-state index contributed by atoms with van der Waals surface area (Å²) in [6, 6.07) is 2.68. The standard InChI is InChI=1S/C34H54O11Si/c1-12-46(13-2,14-3)45-27-15-26(42-21(6)36)32(11)25(34(27)18-40-34)17-33(39)16-24(41-20(5)35)19(4)28(31(33,9)10)29(43-22(7)37)30(32)44-23(8)38/h24-27,29-30,39H,12-18H2,1-11H3/t24-,25-,26-,27-,29+,30-,32-,33+,34-/m0/s1. The van der Waals surface area contributed by atoms with Gasteiger partial charge in [0.05, 0.1) is 23.7 Å². The Hall–Kier alpha value is -2.28. The van der Waals surface area contributed by atoms with Crippen molar-refractivity contribution in [2.45, 2.75) is 155 Å². The highest BCUT2D eigenvalue weighted by atomic mass is 28.4. The zero-order valence-corrected chi connectivity index (χ0v) is 30.4. The highest BCUT2D eigenvalue weighted by Gasteiger charge is 2.76. The quantitative estimate of drug-likeness (QED) is 0.119. The first-order chi connectivity index (χ1) is 21.3. The van der Waals surface area contributed by atoms with Crippen molar-refractivity contribution in [1.82, 2.24) is 0 Å². The third-order valence-corrected chi connectivity index (χ3v) is 16.6. The molecule has 12 heteroatoms. The number of carbonyl (C=O) groups is 4. The number of carbonyl (C=O) groups excluding carboxylic acids is 4. The molecule has 0 radical (unpaired) electrons. The van der Waals surface area contributed by atoms with Gasteiger partial charge in [0.2, 0.25) is 0 Å². The van der Waals surface area contributed by atoms with Crippen molar-refractivity contribution >= 4 is 32.2 Å². The van der Waals surface area contributed by atoms with Crippen molar-refractivity contribution < 1.29 is 52.4 Å². The van der Waals surface area contributed by atoms with Gasteiger partial charge in [-0.3, -0.25) is 19.2 Å². The number of hydrogen-bond acceptors (Lipinski definition) is 11. The molecule has 46 heavy (non-hydrogen) atoms. The van der Waals surface area contributed by atoms with Crippen molar-refractivity contribution in [2.24, 2.45) is 16.7 Å². The fourth-order valence-electron chi connectivity index (χ4n) is 9.06. The van der Waals surface area contributed by atoms with Gasteiger partial charge in [-0.05, 0) is 42.6 Å². The van der Waals surface area contributed by atoms with E-state index in [1.807, 2.05) is 20.8 Å². The maximum absolute atomic E-state index is 13.0. The molecule has 260 valence electrons. The van der Waals surface area contributed by atoms with Gasteiger partial charge in [-0.1, -0.05) is 41.5 Å². The first-order valence-electron chi connectivity index (χ1n) is 16.7. The van der Waals surface area contributed by atoms with Gasteiger partial charge in [0, 0.05) is 51.9 Å². The van der Waals surface area contributed by atoms with Crippen LogP contribution in [0.4, 0.5) is 0 Å². The van der Waals surface area contributed by atoms with Crippen molar-refractivity contribution in [3.8, 4) is 0 Å². The van der Waals surface area contributed by atoms with E-state index in [4.69, 9.17) is 28.1 Å². The average molecular weight is 667 g/mol. The zero-order chi connectivity index (χ0) is 34.6. The first kappa shape index (κ1) is 36.6. The van der Waals surface area contributed by atoms with Crippen LogP contribution in [0.3, 0.4) is 0 Å². The highest BCUT2D eigenvalue weighted by molar-refractivity contribution is 6.73. The van der Waals surface area contributed by atoms with E-state index in [0.29, 0.717) is 17.8 Å². The van der Waals surface area contributed by atoms with Crippen molar-refractivity contribution in [3.63, 3.8) is 0 Å². The lowest BCUT2D eigenvalue weighted by Crippen LogP contribution is -2.72. The normalized spacial score (nSPS) is 38.2. The third kappa shape index (κ3) is 5.96. The molecule has 1 spiro atoms. The molecule has 2 saturated carbocycles. The molecule has 4 aliphatic rings.